The van der Waals surface area contributed by atoms with Crippen LogP contribution in [0.2, 0.25) is 0 Å². The van der Waals surface area contributed by atoms with E-state index < -0.39 is 0 Å². The molecule has 2 rings (SSSR count). The van der Waals surface area contributed by atoms with E-state index in [2.05, 4.69) is 17.4 Å². The molecule has 0 radical (unpaired) electrons. The summed E-state index contributed by atoms with van der Waals surface area (Å²) in [6.07, 6.45) is 2.48. The van der Waals surface area contributed by atoms with E-state index in [0.29, 0.717) is 19.1 Å². The SMILES string of the molecule is NCCOc1ccc(C2CCNCC2)cc1. The lowest BCUT2D eigenvalue weighted by molar-refractivity contribution is 0.328. The van der Waals surface area contributed by atoms with Crippen LogP contribution in [0.1, 0.15) is 24.3 Å². The monoisotopic (exact) mass is 220 g/mol. The molecule has 1 aliphatic heterocycles. The Kier molecular flexibility index (Phi) is 4.19. The van der Waals surface area contributed by atoms with Crippen molar-refractivity contribution in [1.29, 1.82) is 0 Å². The van der Waals surface area contributed by atoms with Crippen molar-refractivity contribution < 1.29 is 4.74 Å². The molecule has 0 unspecified atom stereocenters. The van der Waals surface area contributed by atoms with Crippen molar-refractivity contribution >= 4 is 0 Å². The Morgan fingerprint density at radius 1 is 1.19 bits per heavy atom. The fourth-order valence-electron chi connectivity index (χ4n) is 2.17. The largest absolute Gasteiger partial charge is 0.492 e. The summed E-state index contributed by atoms with van der Waals surface area (Å²) >= 11 is 0. The Hall–Kier alpha value is -1.06. The van der Waals surface area contributed by atoms with Crippen LogP contribution >= 0.6 is 0 Å². The van der Waals surface area contributed by atoms with Crippen LogP contribution in [0.3, 0.4) is 0 Å². The lowest BCUT2D eigenvalue weighted by Gasteiger charge is -2.23. The second-order valence-electron chi connectivity index (χ2n) is 4.23. The van der Waals surface area contributed by atoms with Gasteiger partial charge in [-0.2, -0.15) is 0 Å². The summed E-state index contributed by atoms with van der Waals surface area (Å²) in [6.45, 7) is 3.43. The second-order valence-corrected chi connectivity index (χ2v) is 4.23. The van der Waals surface area contributed by atoms with Crippen molar-refractivity contribution in [1.82, 2.24) is 5.32 Å². The quantitative estimate of drug-likeness (QED) is 0.808. The zero-order valence-electron chi connectivity index (χ0n) is 9.61. The number of hydrogen-bond donors (Lipinski definition) is 2. The first-order valence-corrected chi connectivity index (χ1v) is 6.03. The summed E-state index contributed by atoms with van der Waals surface area (Å²) in [4.78, 5) is 0. The van der Waals surface area contributed by atoms with Gasteiger partial charge in [0.15, 0.2) is 0 Å². The van der Waals surface area contributed by atoms with Gasteiger partial charge in [0.05, 0.1) is 0 Å². The summed E-state index contributed by atoms with van der Waals surface area (Å²) < 4.78 is 5.46. The molecule has 1 saturated heterocycles. The third-order valence-electron chi connectivity index (χ3n) is 3.08. The molecule has 0 aliphatic carbocycles. The molecule has 1 aliphatic rings. The molecular weight excluding hydrogens is 200 g/mol. The summed E-state index contributed by atoms with van der Waals surface area (Å²) in [5.41, 5.74) is 6.82. The van der Waals surface area contributed by atoms with Crippen molar-refractivity contribution in [3.63, 3.8) is 0 Å². The molecule has 0 amide bonds. The van der Waals surface area contributed by atoms with Gasteiger partial charge in [0.25, 0.3) is 0 Å². The van der Waals surface area contributed by atoms with Gasteiger partial charge in [0.2, 0.25) is 0 Å². The molecule has 0 aromatic heterocycles. The zero-order valence-corrected chi connectivity index (χ0v) is 9.61. The highest BCUT2D eigenvalue weighted by atomic mass is 16.5. The van der Waals surface area contributed by atoms with Gasteiger partial charge >= 0.3 is 0 Å². The van der Waals surface area contributed by atoms with Crippen LogP contribution in [0.5, 0.6) is 5.75 Å². The summed E-state index contributed by atoms with van der Waals surface area (Å²) in [5, 5.41) is 3.39. The second kappa shape index (κ2) is 5.87. The normalized spacial score (nSPS) is 17.3. The van der Waals surface area contributed by atoms with E-state index in [-0.39, 0.29) is 0 Å². The van der Waals surface area contributed by atoms with E-state index in [0.717, 1.165) is 18.8 Å². The molecule has 0 spiro atoms. The molecule has 0 bridgehead atoms. The van der Waals surface area contributed by atoms with Crippen LogP contribution < -0.4 is 15.8 Å². The average Bonchev–Trinajstić information content (AvgIpc) is 2.38. The Labute approximate surface area is 97.0 Å². The third kappa shape index (κ3) is 2.97. The topological polar surface area (TPSA) is 47.3 Å². The minimum atomic E-state index is 0.566. The number of hydrogen-bond acceptors (Lipinski definition) is 3. The first kappa shape index (κ1) is 11.4. The van der Waals surface area contributed by atoms with E-state index in [1.165, 1.54) is 18.4 Å². The number of ether oxygens (including phenoxy) is 1. The van der Waals surface area contributed by atoms with E-state index >= 15 is 0 Å². The number of nitrogens with one attached hydrogen (secondary N) is 1. The summed E-state index contributed by atoms with van der Waals surface area (Å²) in [5.74, 6) is 1.63. The van der Waals surface area contributed by atoms with Crippen LogP contribution in [-0.2, 0) is 0 Å². The van der Waals surface area contributed by atoms with Gasteiger partial charge in [-0.05, 0) is 49.5 Å². The maximum absolute atomic E-state index is 5.46. The van der Waals surface area contributed by atoms with Crippen molar-refractivity contribution in [3.05, 3.63) is 29.8 Å². The van der Waals surface area contributed by atoms with Crippen molar-refractivity contribution in [2.75, 3.05) is 26.2 Å². The van der Waals surface area contributed by atoms with Crippen molar-refractivity contribution in [3.8, 4) is 5.75 Å². The van der Waals surface area contributed by atoms with Crippen LogP contribution in [0.15, 0.2) is 24.3 Å². The molecule has 1 fully saturated rings. The number of nitrogens with two attached hydrogens (primary N) is 1. The van der Waals surface area contributed by atoms with Crippen LogP contribution in [0.25, 0.3) is 0 Å². The molecular formula is C13H20N2O. The molecule has 88 valence electrons. The summed E-state index contributed by atoms with van der Waals surface area (Å²) in [6, 6.07) is 8.46. The molecule has 1 aromatic carbocycles. The van der Waals surface area contributed by atoms with Gasteiger partial charge in [-0.25, -0.2) is 0 Å². The molecule has 3 N–H and O–H groups in total. The third-order valence-corrected chi connectivity index (χ3v) is 3.08. The van der Waals surface area contributed by atoms with Crippen LogP contribution in [0, 0.1) is 0 Å². The predicted octanol–water partition coefficient (Wildman–Crippen LogP) is 1.49. The van der Waals surface area contributed by atoms with Gasteiger partial charge in [-0.3, -0.25) is 0 Å². The smallest absolute Gasteiger partial charge is 0.119 e. The molecule has 3 heteroatoms. The lowest BCUT2D eigenvalue weighted by Crippen LogP contribution is -2.26. The number of rotatable bonds is 4. The number of benzene rings is 1. The first-order valence-electron chi connectivity index (χ1n) is 6.03. The van der Waals surface area contributed by atoms with Gasteiger partial charge < -0.3 is 15.8 Å². The molecule has 16 heavy (non-hydrogen) atoms. The van der Waals surface area contributed by atoms with Gasteiger partial charge in [-0.1, -0.05) is 12.1 Å². The van der Waals surface area contributed by atoms with Gasteiger partial charge in [-0.15, -0.1) is 0 Å². The molecule has 0 saturated carbocycles. The zero-order chi connectivity index (χ0) is 11.2. The molecule has 0 atom stereocenters. The molecule has 3 nitrogen and oxygen atoms in total. The Morgan fingerprint density at radius 2 is 1.88 bits per heavy atom. The average molecular weight is 220 g/mol. The van der Waals surface area contributed by atoms with Crippen LogP contribution in [0.4, 0.5) is 0 Å². The van der Waals surface area contributed by atoms with Crippen LogP contribution in [-0.4, -0.2) is 26.2 Å². The Bertz CT molecular complexity index is 304. The molecule has 1 heterocycles. The van der Waals surface area contributed by atoms with E-state index in [9.17, 15) is 0 Å². The fraction of sp³-hybridized carbons (Fsp3) is 0.538. The first-order chi connectivity index (χ1) is 7.90. The Balaban J connectivity index is 1.95. The minimum absolute atomic E-state index is 0.566. The maximum atomic E-state index is 5.46. The summed E-state index contributed by atoms with van der Waals surface area (Å²) in [7, 11) is 0. The predicted molar refractivity (Wildman–Crippen MR) is 65.8 cm³/mol. The van der Waals surface area contributed by atoms with E-state index in [4.69, 9.17) is 10.5 Å². The highest BCUT2D eigenvalue weighted by Crippen LogP contribution is 2.26. The standard InChI is InChI=1S/C13H20N2O/c14-7-10-16-13-3-1-11(2-4-13)12-5-8-15-9-6-12/h1-4,12,15H,5-10,14H2. The van der Waals surface area contributed by atoms with E-state index in [1.807, 2.05) is 12.1 Å². The maximum Gasteiger partial charge on any atom is 0.119 e. The van der Waals surface area contributed by atoms with Crippen molar-refractivity contribution in [2.45, 2.75) is 18.8 Å². The Morgan fingerprint density at radius 3 is 2.50 bits per heavy atom. The highest BCUT2D eigenvalue weighted by molar-refractivity contribution is 5.29. The highest BCUT2D eigenvalue weighted by Gasteiger charge is 2.14. The van der Waals surface area contributed by atoms with Crippen molar-refractivity contribution in [2.24, 2.45) is 5.73 Å². The van der Waals surface area contributed by atoms with Gasteiger partial charge in [0.1, 0.15) is 12.4 Å². The van der Waals surface area contributed by atoms with E-state index in [1.54, 1.807) is 0 Å². The number of piperidine rings is 1. The molecule has 1 aromatic rings. The minimum Gasteiger partial charge on any atom is -0.492 e. The fourth-order valence-corrected chi connectivity index (χ4v) is 2.17. The van der Waals surface area contributed by atoms with Gasteiger partial charge in [0, 0.05) is 6.54 Å². The lowest BCUT2D eigenvalue weighted by atomic mass is 9.90.